The Labute approximate surface area is 349 Å². The Balaban J connectivity index is 0.000000123. The van der Waals surface area contributed by atoms with Gasteiger partial charge in [-0.1, -0.05) is 54.6 Å². The van der Waals surface area contributed by atoms with Crippen molar-refractivity contribution in [3.05, 3.63) is 156 Å². The van der Waals surface area contributed by atoms with Gasteiger partial charge in [-0.25, -0.2) is 19.9 Å². The molecule has 3 N–H and O–H groups in total. The summed E-state index contributed by atoms with van der Waals surface area (Å²) < 4.78 is 21.3. The van der Waals surface area contributed by atoms with Crippen LogP contribution < -0.4 is 34.9 Å². The Kier molecular flexibility index (Phi) is 10.4. The third-order valence-electron chi connectivity index (χ3n) is 10.6. The largest absolute Gasteiger partial charge is 0.454 e. The lowest BCUT2D eigenvalue weighted by Gasteiger charge is -2.16. The number of fused-ring (bicyclic) bond motifs is 6. The Bertz CT molecular complexity index is 2910. The molecule has 0 bridgehead atoms. The second-order valence-electron chi connectivity index (χ2n) is 14.5. The zero-order chi connectivity index (χ0) is 41.0. The highest BCUT2D eigenvalue weighted by Crippen LogP contribution is 2.38. The van der Waals surface area contributed by atoms with Crippen LogP contribution >= 0.6 is 0 Å². The van der Waals surface area contributed by atoms with Gasteiger partial charge in [0.15, 0.2) is 29.3 Å². The molecule has 4 aromatic heterocycles. The Hall–Kier alpha value is -7.75. The number of carbonyl (C=O) groups excluding carboxylic acids is 1. The van der Waals surface area contributed by atoms with Crippen LogP contribution in [0.1, 0.15) is 38.4 Å². The van der Waals surface area contributed by atoms with Crippen molar-refractivity contribution in [3.63, 3.8) is 0 Å². The average Bonchev–Trinajstić information content (AvgIpc) is 4.15. The van der Waals surface area contributed by atoms with Crippen LogP contribution in [0, 0.1) is 0 Å². The van der Waals surface area contributed by atoms with Crippen molar-refractivity contribution in [3.8, 4) is 23.0 Å². The predicted molar refractivity (Wildman–Crippen MR) is 228 cm³/mol. The number of para-hydroxylation sites is 4. The van der Waals surface area contributed by atoms with Crippen molar-refractivity contribution in [1.82, 2.24) is 40.1 Å². The highest BCUT2D eigenvalue weighted by molar-refractivity contribution is 5.84. The number of pyridine rings is 2. The van der Waals surface area contributed by atoms with E-state index in [0.717, 1.165) is 123 Å². The second kappa shape index (κ2) is 16.8. The first-order valence-electron chi connectivity index (χ1n) is 19.7. The smallest absolute Gasteiger partial charge is 0.231 e. The fraction of sp³-hybridized carbons (Fsp3) is 0.152. The number of hydrogen-bond donors (Lipinski definition) is 3. The van der Waals surface area contributed by atoms with E-state index in [9.17, 15) is 4.79 Å². The van der Waals surface area contributed by atoms with Crippen LogP contribution in [-0.2, 0) is 32.7 Å². The average molecular weight is 811 g/mol. The van der Waals surface area contributed by atoms with Crippen molar-refractivity contribution in [2.75, 3.05) is 24.2 Å². The lowest BCUT2D eigenvalue weighted by atomic mass is 10.1. The van der Waals surface area contributed by atoms with E-state index in [4.69, 9.17) is 18.9 Å². The number of aldehydes is 1. The maximum atomic E-state index is 10.4. The van der Waals surface area contributed by atoms with Crippen LogP contribution in [0.3, 0.4) is 0 Å². The summed E-state index contributed by atoms with van der Waals surface area (Å²) in [5.74, 6) is 4.56. The number of carbonyl (C=O) groups is 1. The molecule has 15 nitrogen and oxygen atoms in total. The summed E-state index contributed by atoms with van der Waals surface area (Å²) >= 11 is 0. The third kappa shape index (κ3) is 8.02. The molecule has 0 atom stereocenters. The maximum absolute atomic E-state index is 10.4. The van der Waals surface area contributed by atoms with Gasteiger partial charge in [-0.3, -0.25) is 19.7 Å². The van der Waals surface area contributed by atoms with Gasteiger partial charge < -0.3 is 34.9 Å². The van der Waals surface area contributed by atoms with Gasteiger partial charge in [0.05, 0.1) is 51.8 Å². The van der Waals surface area contributed by atoms with E-state index in [2.05, 4.69) is 81.1 Å². The summed E-state index contributed by atoms with van der Waals surface area (Å²) in [5.41, 5.74) is 9.87. The third-order valence-corrected chi connectivity index (χ3v) is 10.6. The summed E-state index contributed by atoms with van der Waals surface area (Å²) in [4.78, 5) is 39.4. The van der Waals surface area contributed by atoms with Crippen LogP contribution in [0.4, 0.5) is 23.0 Å². The van der Waals surface area contributed by atoms with Gasteiger partial charge in [0.25, 0.3) is 0 Å². The Morgan fingerprint density at radius 1 is 0.607 bits per heavy atom. The highest BCUT2D eigenvalue weighted by atomic mass is 16.7. The van der Waals surface area contributed by atoms with E-state index >= 15 is 0 Å². The molecule has 8 heterocycles. The zero-order valence-corrected chi connectivity index (χ0v) is 32.7. The van der Waals surface area contributed by atoms with Crippen molar-refractivity contribution in [2.45, 2.75) is 32.7 Å². The SMILES string of the molecule is O=Cc1cccc2c1OCO2.c1cc(CN2Cc3ncnc(Nc4cnc5ccccc5c4)c3C2)c2c(c1)OCO2.c1ccc2ncc(Nc3ncnc4c3CNC4)cc2c1. The van der Waals surface area contributed by atoms with Crippen LogP contribution in [-0.4, -0.2) is 54.7 Å². The first-order valence-corrected chi connectivity index (χ1v) is 19.7. The van der Waals surface area contributed by atoms with Gasteiger partial charge in [-0.15, -0.1) is 0 Å². The lowest BCUT2D eigenvalue weighted by Crippen LogP contribution is -2.16. The van der Waals surface area contributed by atoms with Crippen LogP contribution in [0.25, 0.3) is 21.8 Å². The van der Waals surface area contributed by atoms with E-state index < -0.39 is 0 Å². The molecule has 0 spiro atoms. The standard InChI is InChI=1S/C23H19N5O2.C15H13N5.C8H6O3/c1-2-6-19-15(4-1)8-17(9-24-19)27-23-18-11-28(12-20(18)25-13-26-23)10-16-5-3-7-21-22(16)30-14-29-21;1-2-4-13-10(3-1)5-11(6-17-13)20-15-12-7-16-8-14(12)18-9-19-15;9-4-6-2-1-3-7-8(6)11-5-10-7/h1-9,13H,10-12,14H2,(H,25,26,27);1-6,9,16H,7-8H2,(H,18,19,20);1-4H,5H2. The number of nitrogens with zero attached hydrogens (tertiary/aromatic N) is 7. The predicted octanol–water partition coefficient (Wildman–Crippen LogP) is 7.61. The number of hydrogen-bond acceptors (Lipinski definition) is 15. The molecule has 4 aromatic carbocycles. The summed E-state index contributed by atoms with van der Waals surface area (Å²) in [6, 6.07) is 31.6. The molecular weight excluding hydrogens is 773 g/mol. The van der Waals surface area contributed by atoms with E-state index in [-0.39, 0.29) is 13.6 Å². The Morgan fingerprint density at radius 2 is 1.23 bits per heavy atom. The number of rotatable bonds is 7. The van der Waals surface area contributed by atoms with Gasteiger partial charge in [0.2, 0.25) is 13.6 Å². The molecule has 61 heavy (non-hydrogen) atoms. The van der Waals surface area contributed by atoms with Crippen molar-refractivity contribution < 1.29 is 23.7 Å². The van der Waals surface area contributed by atoms with Gasteiger partial charge in [-0.05, 0) is 42.5 Å². The fourth-order valence-electron chi connectivity index (χ4n) is 7.62. The van der Waals surface area contributed by atoms with Crippen LogP contribution in [0.2, 0.25) is 0 Å². The second-order valence-corrected chi connectivity index (χ2v) is 14.5. The van der Waals surface area contributed by atoms with Crippen LogP contribution in [0.5, 0.6) is 23.0 Å². The zero-order valence-electron chi connectivity index (χ0n) is 32.7. The highest BCUT2D eigenvalue weighted by Gasteiger charge is 2.27. The summed E-state index contributed by atoms with van der Waals surface area (Å²) in [6.07, 6.45) is 7.65. The molecule has 0 aliphatic carbocycles. The first-order chi connectivity index (χ1) is 30.1. The number of anilines is 4. The first kappa shape index (κ1) is 37.5. The summed E-state index contributed by atoms with van der Waals surface area (Å²) in [6.45, 7) is 4.41. The molecule has 0 saturated heterocycles. The molecule has 0 radical (unpaired) electrons. The topological polar surface area (TPSA) is 171 Å². The van der Waals surface area contributed by atoms with Gasteiger partial charge in [0.1, 0.15) is 24.3 Å². The molecule has 0 fully saturated rings. The van der Waals surface area contributed by atoms with Gasteiger partial charge >= 0.3 is 0 Å². The molecule has 15 heteroatoms. The number of aromatic nitrogens is 6. The molecular formula is C46H38N10O5. The van der Waals surface area contributed by atoms with Gasteiger partial charge in [0, 0.05) is 60.2 Å². The fourth-order valence-corrected chi connectivity index (χ4v) is 7.62. The lowest BCUT2D eigenvalue weighted by molar-refractivity contribution is 0.111. The monoisotopic (exact) mass is 810 g/mol. The van der Waals surface area contributed by atoms with E-state index in [1.807, 2.05) is 60.9 Å². The van der Waals surface area contributed by atoms with E-state index in [1.54, 1.807) is 30.9 Å². The normalized spacial score (nSPS) is 14.0. The maximum Gasteiger partial charge on any atom is 0.231 e. The molecule has 0 amide bonds. The molecule has 4 aliphatic heterocycles. The van der Waals surface area contributed by atoms with E-state index in [0.29, 0.717) is 17.1 Å². The number of benzene rings is 4. The summed E-state index contributed by atoms with van der Waals surface area (Å²) in [5, 5.41) is 12.3. The van der Waals surface area contributed by atoms with Crippen molar-refractivity contribution >= 4 is 51.1 Å². The minimum Gasteiger partial charge on any atom is -0.454 e. The number of ether oxygens (including phenoxy) is 4. The molecule has 12 rings (SSSR count). The van der Waals surface area contributed by atoms with E-state index in [1.165, 1.54) is 0 Å². The summed E-state index contributed by atoms with van der Waals surface area (Å²) in [7, 11) is 0. The molecule has 4 aliphatic rings. The minimum atomic E-state index is 0.209. The molecule has 0 unspecified atom stereocenters. The van der Waals surface area contributed by atoms with Crippen LogP contribution in [0.15, 0.2) is 122 Å². The molecule has 302 valence electrons. The van der Waals surface area contributed by atoms with Crippen molar-refractivity contribution in [1.29, 1.82) is 0 Å². The molecule has 8 aromatic rings. The van der Waals surface area contributed by atoms with Crippen molar-refractivity contribution in [2.24, 2.45) is 0 Å². The molecule has 0 saturated carbocycles. The van der Waals surface area contributed by atoms with Gasteiger partial charge in [-0.2, -0.15) is 0 Å². The quantitative estimate of drug-likeness (QED) is 0.134. The Morgan fingerprint density at radius 3 is 1.93 bits per heavy atom. The number of nitrogens with one attached hydrogen (secondary N) is 3. The minimum absolute atomic E-state index is 0.209.